The Morgan fingerprint density at radius 1 is 1.56 bits per heavy atom. The molecule has 90 valence electrons. The van der Waals surface area contributed by atoms with Gasteiger partial charge in [-0.25, -0.2) is 4.98 Å². The molecule has 1 N–H and O–H groups in total. The largest absolute Gasteiger partial charge is 0.319 e. The fraction of sp³-hybridized carbons (Fsp3) is 0.727. The van der Waals surface area contributed by atoms with Gasteiger partial charge < -0.3 is 5.32 Å². The Morgan fingerprint density at radius 3 is 2.88 bits per heavy atom. The number of halogens is 1. The summed E-state index contributed by atoms with van der Waals surface area (Å²) in [7, 11) is 2.03. The molecule has 0 spiro atoms. The number of hydrogen-bond acceptors (Lipinski definition) is 4. The van der Waals surface area contributed by atoms with E-state index in [0.717, 1.165) is 19.0 Å². The summed E-state index contributed by atoms with van der Waals surface area (Å²) in [5.74, 6) is 0.853. The Balaban J connectivity index is 1.77. The van der Waals surface area contributed by atoms with E-state index in [1.54, 1.807) is 11.3 Å². The third kappa shape index (κ3) is 3.42. The maximum atomic E-state index is 5.82. The number of hydrogen-bond donors (Lipinski definition) is 1. The third-order valence-corrected chi connectivity index (χ3v) is 4.20. The molecule has 2 rings (SSSR count). The van der Waals surface area contributed by atoms with E-state index in [2.05, 4.69) is 15.2 Å². The standard InChI is InChI=1S/C11H18ClN3S/c1-13-6-9-2-4-15(5-3-9)8-10-7-14-11(12)16-10/h7,9,13H,2-6,8H2,1H3. The van der Waals surface area contributed by atoms with Gasteiger partial charge in [-0.15, -0.1) is 11.3 Å². The van der Waals surface area contributed by atoms with Crippen molar-refractivity contribution in [2.24, 2.45) is 5.92 Å². The van der Waals surface area contributed by atoms with E-state index in [1.807, 2.05) is 13.2 Å². The van der Waals surface area contributed by atoms with Crippen molar-refractivity contribution in [3.63, 3.8) is 0 Å². The van der Waals surface area contributed by atoms with E-state index >= 15 is 0 Å². The predicted octanol–water partition coefficient (Wildman–Crippen LogP) is 2.23. The number of aromatic nitrogens is 1. The first-order valence-corrected chi connectivity index (χ1v) is 6.94. The molecule has 0 saturated carbocycles. The first-order chi connectivity index (χ1) is 7.78. The summed E-state index contributed by atoms with van der Waals surface area (Å²) < 4.78 is 0.653. The number of rotatable bonds is 4. The lowest BCUT2D eigenvalue weighted by Crippen LogP contribution is -2.36. The molecule has 0 radical (unpaired) electrons. The van der Waals surface area contributed by atoms with E-state index in [1.165, 1.54) is 30.8 Å². The van der Waals surface area contributed by atoms with Gasteiger partial charge >= 0.3 is 0 Å². The van der Waals surface area contributed by atoms with Crippen LogP contribution in [0.5, 0.6) is 0 Å². The van der Waals surface area contributed by atoms with Gasteiger partial charge in [0.2, 0.25) is 0 Å². The van der Waals surface area contributed by atoms with Gasteiger partial charge in [-0.05, 0) is 45.4 Å². The van der Waals surface area contributed by atoms with Crippen LogP contribution in [-0.4, -0.2) is 36.6 Å². The summed E-state index contributed by atoms with van der Waals surface area (Å²) in [4.78, 5) is 7.84. The predicted molar refractivity (Wildman–Crippen MR) is 69.1 cm³/mol. The summed E-state index contributed by atoms with van der Waals surface area (Å²) >= 11 is 7.42. The lowest BCUT2D eigenvalue weighted by atomic mass is 9.97. The highest BCUT2D eigenvalue weighted by Gasteiger charge is 2.18. The third-order valence-electron chi connectivity index (χ3n) is 3.10. The average molecular weight is 260 g/mol. The molecule has 1 saturated heterocycles. The van der Waals surface area contributed by atoms with Gasteiger partial charge in [0.15, 0.2) is 4.47 Å². The first-order valence-electron chi connectivity index (χ1n) is 5.75. The van der Waals surface area contributed by atoms with Gasteiger partial charge in [-0.1, -0.05) is 11.6 Å². The zero-order valence-corrected chi connectivity index (χ0v) is 11.2. The van der Waals surface area contributed by atoms with Crippen LogP contribution < -0.4 is 5.32 Å². The van der Waals surface area contributed by atoms with Gasteiger partial charge in [0.05, 0.1) is 0 Å². The Labute approximate surface area is 106 Å². The monoisotopic (exact) mass is 259 g/mol. The molecule has 0 bridgehead atoms. The maximum absolute atomic E-state index is 5.82. The molecule has 0 unspecified atom stereocenters. The number of likely N-dealkylation sites (tertiary alicyclic amines) is 1. The van der Waals surface area contributed by atoms with Crippen LogP contribution in [0.15, 0.2) is 6.20 Å². The second-order valence-corrected chi connectivity index (χ2v) is 6.05. The van der Waals surface area contributed by atoms with Crippen molar-refractivity contribution >= 4 is 22.9 Å². The van der Waals surface area contributed by atoms with Crippen molar-refractivity contribution in [1.82, 2.24) is 15.2 Å². The fourth-order valence-corrected chi connectivity index (χ4v) is 3.23. The number of nitrogens with zero attached hydrogens (tertiary/aromatic N) is 2. The maximum Gasteiger partial charge on any atom is 0.183 e. The van der Waals surface area contributed by atoms with Crippen LogP contribution in [0.2, 0.25) is 4.47 Å². The highest BCUT2D eigenvalue weighted by Crippen LogP contribution is 2.22. The lowest BCUT2D eigenvalue weighted by molar-refractivity contribution is 0.178. The molecule has 3 nitrogen and oxygen atoms in total. The smallest absolute Gasteiger partial charge is 0.183 e. The normalized spacial score (nSPS) is 19.1. The Kier molecular flexibility index (Phi) is 4.58. The van der Waals surface area contributed by atoms with Crippen molar-refractivity contribution in [2.45, 2.75) is 19.4 Å². The molecule has 1 aromatic rings. The summed E-state index contributed by atoms with van der Waals surface area (Å²) in [5, 5.41) is 3.26. The molecule has 1 aliphatic rings. The summed E-state index contributed by atoms with van der Waals surface area (Å²) in [6, 6.07) is 0. The van der Waals surface area contributed by atoms with Gasteiger partial charge in [-0.2, -0.15) is 0 Å². The minimum Gasteiger partial charge on any atom is -0.319 e. The highest BCUT2D eigenvalue weighted by molar-refractivity contribution is 7.15. The molecule has 1 fully saturated rings. The number of nitrogens with one attached hydrogen (secondary N) is 1. The fourth-order valence-electron chi connectivity index (χ4n) is 2.21. The second-order valence-electron chi connectivity index (χ2n) is 4.36. The first kappa shape index (κ1) is 12.3. The van der Waals surface area contributed by atoms with Crippen molar-refractivity contribution in [3.05, 3.63) is 15.5 Å². The second kappa shape index (κ2) is 5.96. The lowest BCUT2D eigenvalue weighted by Gasteiger charge is -2.31. The molecule has 0 atom stereocenters. The van der Waals surface area contributed by atoms with E-state index < -0.39 is 0 Å². The van der Waals surface area contributed by atoms with Gasteiger partial charge in [-0.3, -0.25) is 4.90 Å². The molecule has 0 aromatic carbocycles. The Morgan fingerprint density at radius 2 is 2.31 bits per heavy atom. The van der Waals surface area contributed by atoms with Gasteiger partial charge in [0.25, 0.3) is 0 Å². The van der Waals surface area contributed by atoms with Crippen LogP contribution in [0.1, 0.15) is 17.7 Å². The van der Waals surface area contributed by atoms with Crippen LogP contribution in [0, 0.1) is 5.92 Å². The summed E-state index contributed by atoms with van der Waals surface area (Å²) in [5.41, 5.74) is 0. The van der Waals surface area contributed by atoms with Crippen molar-refractivity contribution in [3.8, 4) is 0 Å². The van der Waals surface area contributed by atoms with Crippen LogP contribution in [0.3, 0.4) is 0 Å². The minimum atomic E-state index is 0.653. The molecule has 1 aromatic heterocycles. The van der Waals surface area contributed by atoms with E-state index in [0.29, 0.717) is 4.47 Å². The SMILES string of the molecule is CNCC1CCN(Cc2cnc(Cl)s2)CC1. The quantitative estimate of drug-likeness (QED) is 0.899. The Bertz CT molecular complexity index is 321. The van der Waals surface area contributed by atoms with Crippen LogP contribution in [0.4, 0.5) is 0 Å². The van der Waals surface area contributed by atoms with Gasteiger partial charge in [0, 0.05) is 17.6 Å². The number of thiazole rings is 1. The Hall–Kier alpha value is -0.160. The van der Waals surface area contributed by atoms with Crippen LogP contribution in [-0.2, 0) is 6.54 Å². The minimum absolute atomic E-state index is 0.653. The zero-order valence-electron chi connectivity index (χ0n) is 9.58. The molecular formula is C11H18ClN3S. The molecule has 2 heterocycles. The molecular weight excluding hydrogens is 242 g/mol. The van der Waals surface area contributed by atoms with E-state index in [4.69, 9.17) is 11.6 Å². The van der Waals surface area contributed by atoms with Crippen molar-refractivity contribution in [2.75, 3.05) is 26.7 Å². The molecule has 0 aliphatic carbocycles. The topological polar surface area (TPSA) is 28.2 Å². The van der Waals surface area contributed by atoms with E-state index in [9.17, 15) is 0 Å². The number of piperidine rings is 1. The zero-order chi connectivity index (χ0) is 11.4. The average Bonchev–Trinajstić information content (AvgIpc) is 2.67. The summed E-state index contributed by atoms with van der Waals surface area (Å²) in [6.07, 6.45) is 4.49. The van der Waals surface area contributed by atoms with Crippen molar-refractivity contribution < 1.29 is 0 Å². The molecule has 16 heavy (non-hydrogen) atoms. The molecule has 5 heteroatoms. The van der Waals surface area contributed by atoms with Crippen molar-refractivity contribution in [1.29, 1.82) is 0 Å². The summed E-state index contributed by atoms with van der Waals surface area (Å²) in [6.45, 7) is 4.56. The van der Waals surface area contributed by atoms with Gasteiger partial charge in [0.1, 0.15) is 0 Å². The van der Waals surface area contributed by atoms with E-state index in [-0.39, 0.29) is 0 Å². The molecule has 0 amide bonds. The molecule has 1 aliphatic heterocycles. The highest BCUT2D eigenvalue weighted by atomic mass is 35.5. The van der Waals surface area contributed by atoms with Crippen LogP contribution in [0.25, 0.3) is 0 Å². The van der Waals surface area contributed by atoms with Crippen LogP contribution >= 0.6 is 22.9 Å².